The van der Waals surface area contributed by atoms with Crippen molar-refractivity contribution in [3.8, 4) is 0 Å². The fourth-order valence-electron chi connectivity index (χ4n) is 3.57. The molecule has 0 aromatic heterocycles. The standard InChI is InChI=1S/C11H18OS/c12-11(6-13-7-11)5-10-4-8-1-2-9(10)3-8/h8-10,12H,1-7H2. The van der Waals surface area contributed by atoms with Crippen LogP contribution in [-0.4, -0.2) is 22.2 Å². The number of hydrogen-bond acceptors (Lipinski definition) is 2. The largest absolute Gasteiger partial charge is 0.388 e. The highest BCUT2D eigenvalue weighted by Crippen LogP contribution is 2.52. The minimum absolute atomic E-state index is 0.250. The van der Waals surface area contributed by atoms with Gasteiger partial charge in [0.1, 0.15) is 0 Å². The predicted octanol–water partition coefficient (Wildman–Crippen LogP) is 2.29. The van der Waals surface area contributed by atoms with Gasteiger partial charge in [0.15, 0.2) is 0 Å². The summed E-state index contributed by atoms with van der Waals surface area (Å²) in [5.41, 5.74) is -0.250. The molecule has 1 aliphatic heterocycles. The van der Waals surface area contributed by atoms with E-state index in [4.69, 9.17) is 0 Å². The summed E-state index contributed by atoms with van der Waals surface area (Å²) < 4.78 is 0. The molecular formula is C11H18OS. The predicted molar refractivity (Wildman–Crippen MR) is 55.8 cm³/mol. The molecule has 13 heavy (non-hydrogen) atoms. The van der Waals surface area contributed by atoms with Crippen molar-refractivity contribution < 1.29 is 5.11 Å². The van der Waals surface area contributed by atoms with E-state index in [1.165, 1.54) is 25.7 Å². The van der Waals surface area contributed by atoms with Crippen molar-refractivity contribution in [1.82, 2.24) is 0 Å². The molecule has 2 bridgehead atoms. The minimum Gasteiger partial charge on any atom is -0.388 e. The normalized spacial score (nSPS) is 46.4. The molecule has 3 fully saturated rings. The lowest BCUT2D eigenvalue weighted by Gasteiger charge is -2.39. The van der Waals surface area contributed by atoms with Crippen molar-refractivity contribution in [3.63, 3.8) is 0 Å². The first-order valence-electron chi connectivity index (χ1n) is 5.55. The Kier molecular flexibility index (Phi) is 1.92. The molecule has 0 amide bonds. The highest BCUT2D eigenvalue weighted by atomic mass is 32.2. The van der Waals surface area contributed by atoms with Gasteiger partial charge in [-0.3, -0.25) is 0 Å². The van der Waals surface area contributed by atoms with Crippen LogP contribution in [0.3, 0.4) is 0 Å². The second-order valence-electron chi connectivity index (χ2n) is 5.36. The van der Waals surface area contributed by atoms with Crippen LogP contribution in [0.5, 0.6) is 0 Å². The lowest BCUT2D eigenvalue weighted by molar-refractivity contribution is 0.0408. The summed E-state index contributed by atoms with van der Waals surface area (Å²) in [6.07, 6.45) is 6.96. The zero-order chi connectivity index (χ0) is 8.89. The highest BCUT2D eigenvalue weighted by molar-refractivity contribution is 8.00. The average molecular weight is 198 g/mol. The van der Waals surface area contributed by atoms with Crippen LogP contribution in [0, 0.1) is 17.8 Å². The molecule has 3 aliphatic rings. The molecule has 3 atom stereocenters. The second-order valence-corrected chi connectivity index (χ2v) is 6.34. The number of rotatable bonds is 2. The molecule has 1 saturated heterocycles. The van der Waals surface area contributed by atoms with E-state index in [-0.39, 0.29) is 5.60 Å². The maximum absolute atomic E-state index is 10.1. The molecule has 3 unspecified atom stereocenters. The van der Waals surface area contributed by atoms with Crippen LogP contribution < -0.4 is 0 Å². The number of fused-ring (bicyclic) bond motifs is 2. The molecule has 74 valence electrons. The van der Waals surface area contributed by atoms with Crippen molar-refractivity contribution in [1.29, 1.82) is 0 Å². The van der Waals surface area contributed by atoms with Gasteiger partial charge in [0, 0.05) is 11.5 Å². The molecule has 0 aromatic carbocycles. The summed E-state index contributed by atoms with van der Waals surface area (Å²) in [5.74, 6) is 4.90. The maximum Gasteiger partial charge on any atom is 0.0830 e. The van der Waals surface area contributed by atoms with Crippen molar-refractivity contribution in [3.05, 3.63) is 0 Å². The molecule has 2 heteroatoms. The Balaban J connectivity index is 1.61. The molecule has 0 radical (unpaired) electrons. The first-order valence-corrected chi connectivity index (χ1v) is 6.71. The third kappa shape index (κ3) is 1.42. The monoisotopic (exact) mass is 198 g/mol. The van der Waals surface area contributed by atoms with Gasteiger partial charge in [-0.1, -0.05) is 6.42 Å². The van der Waals surface area contributed by atoms with Gasteiger partial charge in [-0.15, -0.1) is 0 Å². The van der Waals surface area contributed by atoms with Crippen LogP contribution in [0.1, 0.15) is 32.1 Å². The minimum atomic E-state index is -0.250. The Morgan fingerprint density at radius 2 is 2.08 bits per heavy atom. The molecule has 0 aromatic rings. The van der Waals surface area contributed by atoms with E-state index >= 15 is 0 Å². The van der Waals surface area contributed by atoms with Gasteiger partial charge in [0.25, 0.3) is 0 Å². The fraction of sp³-hybridized carbons (Fsp3) is 1.00. The smallest absolute Gasteiger partial charge is 0.0830 e. The zero-order valence-corrected chi connectivity index (χ0v) is 8.85. The molecule has 1 N–H and O–H groups in total. The third-order valence-corrected chi connectivity index (χ3v) is 5.75. The van der Waals surface area contributed by atoms with Crippen molar-refractivity contribution in [2.45, 2.75) is 37.7 Å². The summed E-state index contributed by atoms with van der Waals surface area (Å²) >= 11 is 1.90. The van der Waals surface area contributed by atoms with Crippen LogP contribution in [0.4, 0.5) is 0 Å². The van der Waals surface area contributed by atoms with Crippen molar-refractivity contribution >= 4 is 11.8 Å². The first-order chi connectivity index (χ1) is 6.25. The Bertz CT molecular complexity index is 212. The van der Waals surface area contributed by atoms with Crippen molar-refractivity contribution in [2.24, 2.45) is 17.8 Å². The van der Waals surface area contributed by atoms with E-state index in [0.29, 0.717) is 0 Å². The maximum atomic E-state index is 10.1. The van der Waals surface area contributed by atoms with Gasteiger partial charge in [0.2, 0.25) is 0 Å². The van der Waals surface area contributed by atoms with Crippen molar-refractivity contribution in [2.75, 3.05) is 11.5 Å². The van der Waals surface area contributed by atoms with Crippen LogP contribution in [0.25, 0.3) is 0 Å². The summed E-state index contributed by atoms with van der Waals surface area (Å²) in [4.78, 5) is 0. The summed E-state index contributed by atoms with van der Waals surface area (Å²) in [6, 6.07) is 0. The Morgan fingerprint density at radius 1 is 1.23 bits per heavy atom. The summed E-state index contributed by atoms with van der Waals surface area (Å²) in [5, 5.41) is 10.1. The van der Waals surface area contributed by atoms with Crippen LogP contribution >= 0.6 is 11.8 Å². The lowest BCUT2D eigenvalue weighted by atomic mass is 9.81. The van der Waals surface area contributed by atoms with E-state index in [2.05, 4.69) is 0 Å². The van der Waals surface area contributed by atoms with Crippen LogP contribution in [0.2, 0.25) is 0 Å². The van der Waals surface area contributed by atoms with Gasteiger partial charge < -0.3 is 5.11 Å². The van der Waals surface area contributed by atoms with E-state index in [0.717, 1.165) is 35.7 Å². The molecule has 1 heterocycles. The van der Waals surface area contributed by atoms with Crippen LogP contribution in [-0.2, 0) is 0 Å². The second kappa shape index (κ2) is 2.90. The summed E-state index contributed by atoms with van der Waals surface area (Å²) in [6.45, 7) is 0. The molecule has 1 nitrogen and oxygen atoms in total. The third-order valence-electron chi connectivity index (χ3n) is 4.27. The summed E-state index contributed by atoms with van der Waals surface area (Å²) in [7, 11) is 0. The van der Waals surface area contributed by atoms with E-state index < -0.39 is 0 Å². The first kappa shape index (κ1) is 8.60. The molecule has 2 aliphatic carbocycles. The molecule has 0 spiro atoms. The van der Waals surface area contributed by atoms with E-state index in [1.54, 1.807) is 0 Å². The molecular weight excluding hydrogens is 180 g/mol. The van der Waals surface area contributed by atoms with Crippen LogP contribution in [0.15, 0.2) is 0 Å². The zero-order valence-electron chi connectivity index (χ0n) is 8.04. The average Bonchev–Trinajstić information content (AvgIpc) is 2.62. The van der Waals surface area contributed by atoms with E-state index in [1.807, 2.05) is 11.8 Å². The van der Waals surface area contributed by atoms with Gasteiger partial charge >= 0.3 is 0 Å². The SMILES string of the molecule is OC1(CC2CC3CCC2C3)CSC1. The number of thioether (sulfide) groups is 1. The van der Waals surface area contributed by atoms with Gasteiger partial charge in [-0.25, -0.2) is 0 Å². The topological polar surface area (TPSA) is 20.2 Å². The highest BCUT2D eigenvalue weighted by Gasteiger charge is 2.45. The Hall–Kier alpha value is 0.310. The Morgan fingerprint density at radius 3 is 2.54 bits per heavy atom. The molecule has 3 rings (SSSR count). The Labute approximate surface area is 84.3 Å². The fourth-order valence-corrected chi connectivity index (χ4v) is 4.48. The lowest BCUT2D eigenvalue weighted by Crippen LogP contribution is -2.45. The quantitative estimate of drug-likeness (QED) is 0.734. The van der Waals surface area contributed by atoms with E-state index in [9.17, 15) is 5.11 Å². The van der Waals surface area contributed by atoms with Gasteiger partial charge in [-0.05, 0) is 43.4 Å². The number of hydrogen-bond donors (Lipinski definition) is 1. The van der Waals surface area contributed by atoms with Gasteiger partial charge in [0.05, 0.1) is 5.60 Å². The number of aliphatic hydroxyl groups is 1. The molecule has 2 saturated carbocycles. The van der Waals surface area contributed by atoms with Gasteiger partial charge in [-0.2, -0.15) is 11.8 Å².